The first-order valence-corrected chi connectivity index (χ1v) is 29.3. The molecule has 0 aliphatic heterocycles. The van der Waals surface area contributed by atoms with Crippen molar-refractivity contribution in [1.82, 2.24) is 7.94 Å². The number of aryl methyl sites for hydroxylation is 2. The molecule has 10 aromatic carbocycles. The van der Waals surface area contributed by atoms with Crippen LogP contribution in [0.15, 0.2) is 252 Å². The molecule has 12 aromatic rings. The highest BCUT2D eigenvalue weighted by molar-refractivity contribution is 7.90. The highest BCUT2D eigenvalue weighted by Gasteiger charge is 2.34. The lowest BCUT2D eigenvalue weighted by Gasteiger charge is -2.28. The minimum absolute atomic E-state index is 0.182. The lowest BCUT2D eigenvalue weighted by Crippen LogP contribution is -2.26. The predicted molar refractivity (Wildman–Crippen MR) is 303 cm³/mol. The Morgan fingerprint density at radius 1 is 0.306 bits per heavy atom. The Kier molecular flexibility index (Phi) is 11.6. The van der Waals surface area contributed by atoms with Gasteiger partial charge in [0.15, 0.2) is 0 Å². The van der Waals surface area contributed by atoms with E-state index in [1.165, 1.54) is 7.94 Å². The fourth-order valence-corrected chi connectivity index (χ4v) is 18.2. The zero-order chi connectivity index (χ0) is 49.1. The Labute approximate surface area is 422 Å². The summed E-state index contributed by atoms with van der Waals surface area (Å²) in [5.41, 5.74) is 5.76. The molecule has 12 rings (SSSR count). The molecular formula is C62H46N2O4P2S2. The Bertz CT molecular complexity index is 3880. The predicted octanol–water partition coefficient (Wildman–Crippen LogP) is 12.2. The van der Waals surface area contributed by atoms with Crippen LogP contribution in [0.5, 0.6) is 0 Å². The summed E-state index contributed by atoms with van der Waals surface area (Å²) in [6.45, 7) is 3.90. The molecule has 0 saturated heterocycles. The van der Waals surface area contributed by atoms with Gasteiger partial charge in [0.25, 0.3) is 20.0 Å². The molecule has 6 nitrogen and oxygen atoms in total. The van der Waals surface area contributed by atoms with E-state index in [1.54, 1.807) is 24.3 Å². The van der Waals surface area contributed by atoms with E-state index in [0.29, 0.717) is 22.1 Å². The Morgan fingerprint density at radius 2 is 0.597 bits per heavy atom. The van der Waals surface area contributed by atoms with E-state index >= 15 is 16.8 Å². The lowest BCUT2D eigenvalue weighted by molar-refractivity contribution is 0.588. The zero-order valence-corrected chi connectivity index (χ0v) is 42.8. The first-order chi connectivity index (χ1) is 35.1. The van der Waals surface area contributed by atoms with E-state index in [1.807, 2.05) is 123 Å². The first-order valence-electron chi connectivity index (χ1n) is 23.7. The van der Waals surface area contributed by atoms with Gasteiger partial charge < -0.3 is 0 Å². The minimum atomic E-state index is -4.20. The van der Waals surface area contributed by atoms with E-state index in [4.69, 9.17) is 0 Å². The van der Waals surface area contributed by atoms with Crippen molar-refractivity contribution in [2.45, 2.75) is 23.6 Å². The highest BCUT2D eigenvalue weighted by atomic mass is 32.2. The van der Waals surface area contributed by atoms with E-state index in [0.717, 1.165) is 75.6 Å². The molecule has 0 saturated carbocycles. The van der Waals surface area contributed by atoms with Crippen molar-refractivity contribution in [2.75, 3.05) is 0 Å². The molecule has 0 fully saturated rings. The topological polar surface area (TPSA) is 78.1 Å². The van der Waals surface area contributed by atoms with Gasteiger partial charge in [-0.3, -0.25) is 0 Å². The molecule has 0 atom stereocenters. The molecule has 0 spiro atoms. The summed E-state index contributed by atoms with van der Waals surface area (Å²) in [5.74, 6) is 0. The van der Waals surface area contributed by atoms with E-state index in [2.05, 4.69) is 109 Å². The lowest BCUT2D eigenvalue weighted by atomic mass is 9.95. The van der Waals surface area contributed by atoms with Crippen LogP contribution in [0.25, 0.3) is 54.7 Å². The van der Waals surface area contributed by atoms with Gasteiger partial charge in [-0.25, -0.2) is 24.8 Å². The van der Waals surface area contributed by atoms with Gasteiger partial charge in [0.05, 0.1) is 31.9 Å². The van der Waals surface area contributed by atoms with E-state index in [9.17, 15) is 0 Å². The van der Waals surface area contributed by atoms with Crippen molar-refractivity contribution in [2.24, 2.45) is 0 Å². The summed E-state index contributed by atoms with van der Waals surface area (Å²) >= 11 is 0. The second-order valence-corrected chi connectivity index (χ2v) is 25.9. The van der Waals surface area contributed by atoms with Crippen LogP contribution < -0.4 is 31.8 Å². The van der Waals surface area contributed by atoms with Crippen molar-refractivity contribution in [3.05, 3.63) is 254 Å². The third kappa shape index (κ3) is 7.61. The highest BCUT2D eigenvalue weighted by Crippen LogP contribution is 2.50. The third-order valence-corrected chi connectivity index (χ3v) is 21.9. The fourth-order valence-electron chi connectivity index (χ4n) is 10.2. The van der Waals surface area contributed by atoms with Crippen molar-refractivity contribution >= 4 is 111 Å². The van der Waals surface area contributed by atoms with Crippen LogP contribution in [0.1, 0.15) is 11.1 Å². The number of hydrogen-bond donors (Lipinski definition) is 0. The molecule has 2 heterocycles. The number of para-hydroxylation sites is 2. The quantitative estimate of drug-likeness (QED) is 0.121. The second kappa shape index (κ2) is 18.3. The number of hydrogen-bond acceptors (Lipinski definition) is 4. The number of rotatable bonds is 11. The summed E-state index contributed by atoms with van der Waals surface area (Å²) < 4.78 is 64.8. The van der Waals surface area contributed by atoms with Gasteiger partial charge in [-0.05, 0) is 110 Å². The monoisotopic (exact) mass is 1010 g/mol. The molecule has 0 aliphatic carbocycles. The maximum atomic E-state index is 15.4. The van der Waals surface area contributed by atoms with Gasteiger partial charge in [-0.1, -0.05) is 205 Å². The number of aromatic nitrogens is 2. The van der Waals surface area contributed by atoms with E-state index in [-0.39, 0.29) is 9.79 Å². The van der Waals surface area contributed by atoms with Crippen LogP contribution in [0.2, 0.25) is 0 Å². The summed E-state index contributed by atoms with van der Waals surface area (Å²) in [6, 6.07) is 80.1. The largest absolute Gasteiger partial charge is 0.268 e. The molecule has 0 radical (unpaired) electrons. The summed E-state index contributed by atoms with van der Waals surface area (Å²) in [5, 5.41) is 9.52. The molecular weight excluding hydrogens is 963 g/mol. The molecule has 0 N–H and O–H groups in total. The molecule has 0 amide bonds. The Balaban J connectivity index is 1.34. The maximum absolute atomic E-state index is 15.4. The first kappa shape index (κ1) is 45.7. The van der Waals surface area contributed by atoms with Crippen LogP contribution in [0, 0.1) is 13.8 Å². The van der Waals surface area contributed by atoms with Gasteiger partial charge in [-0.15, -0.1) is 0 Å². The van der Waals surface area contributed by atoms with Crippen LogP contribution in [-0.4, -0.2) is 24.8 Å². The fraction of sp³-hybridized carbons (Fsp3) is 0.0323. The van der Waals surface area contributed by atoms with Crippen LogP contribution >= 0.6 is 15.8 Å². The second-order valence-electron chi connectivity index (χ2n) is 17.9. The van der Waals surface area contributed by atoms with Crippen LogP contribution in [0.4, 0.5) is 0 Å². The van der Waals surface area contributed by atoms with Gasteiger partial charge in [-0.2, -0.15) is 0 Å². The van der Waals surface area contributed by atoms with Crippen LogP contribution in [-0.2, 0) is 20.0 Å². The molecule has 350 valence electrons. The third-order valence-electron chi connectivity index (χ3n) is 13.5. The van der Waals surface area contributed by atoms with Crippen molar-refractivity contribution < 1.29 is 16.8 Å². The summed E-state index contributed by atoms with van der Waals surface area (Å²) in [7, 11) is -11.1. The standard InChI is InChI=1S/C62H46N2O4P2S2/c1-43-31-35-49(36-32-43)71(65,66)63-53-29-17-15-27-51(53)59-55(63)39-41-57(69(45-19-7-3-8-20-45)46-21-9-4-10-22-46)61(59)62-58(70(47-23-11-5-12-24-47)48-25-13-6-14-26-48)42-40-56-60(62)52-28-16-18-30-54(52)64(56)72(67,68)50-37-33-44(2)34-38-50/h3-42H,1-2H3. The summed E-state index contributed by atoms with van der Waals surface area (Å²) in [4.78, 5) is 0.363. The normalized spacial score (nSPS) is 12.2. The van der Waals surface area contributed by atoms with E-state index < -0.39 is 35.9 Å². The zero-order valence-electron chi connectivity index (χ0n) is 39.3. The summed E-state index contributed by atoms with van der Waals surface area (Å²) in [6.07, 6.45) is 0. The smallest absolute Gasteiger partial charge is 0.233 e. The molecule has 72 heavy (non-hydrogen) atoms. The molecule has 0 aliphatic rings. The van der Waals surface area contributed by atoms with Crippen molar-refractivity contribution in [3.8, 4) is 11.1 Å². The number of fused-ring (bicyclic) bond motifs is 6. The van der Waals surface area contributed by atoms with Crippen molar-refractivity contribution in [3.63, 3.8) is 0 Å². The number of benzene rings is 10. The van der Waals surface area contributed by atoms with Crippen molar-refractivity contribution in [1.29, 1.82) is 0 Å². The molecule has 0 unspecified atom stereocenters. The minimum Gasteiger partial charge on any atom is -0.233 e. The Morgan fingerprint density at radius 3 is 0.917 bits per heavy atom. The molecule has 0 bridgehead atoms. The Hall–Kier alpha value is -7.44. The number of nitrogens with zero attached hydrogens (tertiary/aromatic N) is 2. The average molecular weight is 1010 g/mol. The average Bonchev–Trinajstić information content (AvgIpc) is 3.95. The van der Waals surface area contributed by atoms with Gasteiger partial charge in [0, 0.05) is 32.7 Å². The molecule has 2 aromatic heterocycles. The SMILES string of the molecule is Cc1ccc(S(=O)(=O)n2c3ccccc3c3c(-c4c(P(c5ccccc5)c5ccccc5)ccc5c4c4ccccc4n5S(=O)(=O)c4ccc(C)cc4)c(P(c4ccccc4)c4ccccc4)ccc32)cc1. The molecule has 10 heteroatoms. The van der Waals surface area contributed by atoms with Gasteiger partial charge in [0.1, 0.15) is 0 Å². The van der Waals surface area contributed by atoms with Gasteiger partial charge >= 0.3 is 0 Å². The van der Waals surface area contributed by atoms with Crippen LogP contribution in [0.3, 0.4) is 0 Å². The maximum Gasteiger partial charge on any atom is 0.268 e. The van der Waals surface area contributed by atoms with Gasteiger partial charge in [0.2, 0.25) is 0 Å².